The van der Waals surface area contributed by atoms with E-state index in [0.717, 1.165) is 51.9 Å². The maximum atomic E-state index is 5.45. The normalized spacial score (nSPS) is 16.0. The minimum atomic E-state index is 0.801. The second-order valence-electron chi connectivity index (χ2n) is 6.57. The first kappa shape index (κ1) is 19.7. The predicted molar refractivity (Wildman–Crippen MR) is 105 cm³/mol. The molecule has 5 heteroatoms. The van der Waals surface area contributed by atoms with Crippen molar-refractivity contribution >= 4 is 5.96 Å². The Kier molecular flexibility index (Phi) is 9.37. The molecule has 1 heterocycles. The van der Waals surface area contributed by atoms with E-state index in [0.29, 0.717) is 0 Å². The lowest BCUT2D eigenvalue weighted by atomic mass is 10.1. The summed E-state index contributed by atoms with van der Waals surface area (Å²) in [5.41, 5.74) is 2.72. The molecule has 0 atom stereocenters. The summed E-state index contributed by atoms with van der Waals surface area (Å²) in [5.74, 6) is 0.887. The number of morpholine rings is 1. The third kappa shape index (κ3) is 7.45. The van der Waals surface area contributed by atoms with E-state index in [9.17, 15) is 0 Å². The molecule has 1 aromatic rings. The second-order valence-corrected chi connectivity index (χ2v) is 6.57. The van der Waals surface area contributed by atoms with Crippen LogP contribution in [0.25, 0.3) is 0 Å². The molecule has 140 valence electrons. The van der Waals surface area contributed by atoms with Crippen LogP contribution in [0.2, 0.25) is 0 Å². The molecule has 0 radical (unpaired) electrons. The summed E-state index contributed by atoms with van der Waals surface area (Å²) < 4.78 is 5.45. The van der Waals surface area contributed by atoms with Crippen molar-refractivity contribution in [1.82, 2.24) is 15.5 Å². The fraction of sp³-hybridized carbons (Fsp3) is 0.650. The van der Waals surface area contributed by atoms with Crippen molar-refractivity contribution in [2.45, 2.75) is 45.7 Å². The third-order valence-corrected chi connectivity index (χ3v) is 4.61. The van der Waals surface area contributed by atoms with E-state index in [1.54, 1.807) is 0 Å². The Morgan fingerprint density at radius 1 is 1.08 bits per heavy atom. The smallest absolute Gasteiger partial charge is 0.191 e. The number of nitrogens with one attached hydrogen (secondary N) is 2. The van der Waals surface area contributed by atoms with E-state index < -0.39 is 0 Å². The number of unbranched alkanes of at least 4 members (excludes halogenated alkanes) is 3. The molecule has 2 rings (SSSR count). The van der Waals surface area contributed by atoms with Crippen molar-refractivity contribution in [3.63, 3.8) is 0 Å². The molecule has 0 bridgehead atoms. The average molecular weight is 347 g/mol. The summed E-state index contributed by atoms with van der Waals surface area (Å²) >= 11 is 0. The van der Waals surface area contributed by atoms with Crippen LogP contribution >= 0.6 is 0 Å². The van der Waals surface area contributed by atoms with Gasteiger partial charge in [-0.05, 0) is 17.5 Å². The Labute approximate surface area is 152 Å². The lowest BCUT2D eigenvalue weighted by Crippen LogP contribution is -2.38. The standard InChI is InChI=1S/C20H34N4O/c1-3-4-5-8-11-22-20(21-2)23-16-18-9-6-7-10-19(18)17-24-12-14-25-15-13-24/h6-7,9-10H,3-5,8,11-17H2,1-2H3,(H2,21,22,23). The fourth-order valence-corrected chi connectivity index (χ4v) is 3.04. The van der Waals surface area contributed by atoms with Crippen molar-refractivity contribution < 1.29 is 4.74 Å². The van der Waals surface area contributed by atoms with Gasteiger partial charge >= 0.3 is 0 Å². The Morgan fingerprint density at radius 3 is 2.56 bits per heavy atom. The van der Waals surface area contributed by atoms with Gasteiger partial charge in [-0.3, -0.25) is 9.89 Å². The maximum absolute atomic E-state index is 5.45. The monoisotopic (exact) mass is 346 g/mol. The molecular weight excluding hydrogens is 312 g/mol. The highest BCUT2D eigenvalue weighted by atomic mass is 16.5. The van der Waals surface area contributed by atoms with Gasteiger partial charge in [0.2, 0.25) is 0 Å². The van der Waals surface area contributed by atoms with Gasteiger partial charge in [0.1, 0.15) is 0 Å². The van der Waals surface area contributed by atoms with E-state index in [1.165, 1.54) is 36.8 Å². The summed E-state index contributed by atoms with van der Waals surface area (Å²) in [6, 6.07) is 8.67. The molecule has 0 saturated carbocycles. The number of benzene rings is 1. The van der Waals surface area contributed by atoms with Gasteiger partial charge in [0, 0.05) is 39.8 Å². The van der Waals surface area contributed by atoms with Gasteiger partial charge in [0.05, 0.1) is 13.2 Å². The zero-order valence-corrected chi connectivity index (χ0v) is 15.9. The van der Waals surface area contributed by atoms with Crippen LogP contribution in [0.5, 0.6) is 0 Å². The van der Waals surface area contributed by atoms with Crippen molar-refractivity contribution in [3.05, 3.63) is 35.4 Å². The molecule has 1 fully saturated rings. The molecule has 25 heavy (non-hydrogen) atoms. The zero-order valence-electron chi connectivity index (χ0n) is 15.9. The number of rotatable bonds is 9. The van der Waals surface area contributed by atoms with E-state index >= 15 is 0 Å². The molecule has 0 spiro atoms. The number of hydrogen-bond donors (Lipinski definition) is 2. The highest BCUT2D eigenvalue weighted by Gasteiger charge is 2.12. The predicted octanol–water partition coefficient (Wildman–Crippen LogP) is 2.76. The molecule has 0 aromatic heterocycles. The number of aliphatic imine (C=N–C) groups is 1. The summed E-state index contributed by atoms with van der Waals surface area (Å²) in [6.07, 6.45) is 5.06. The number of hydrogen-bond acceptors (Lipinski definition) is 3. The average Bonchev–Trinajstić information content (AvgIpc) is 2.66. The highest BCUT2D eigenvalue weighted by molar-refractivity contribution is 5.79. The van der Waals surface area contributed by atoms with Crippen molar-refractivity contribution in [3.8, 4) is 0 Å². The van der Waals surface area contributed by atoms with Crippen LogP contribution in [0, 0.1) is 0 Å². The summed E-state index contributed by atoms with van der Waals surface area (Å²) in [4.78, 5) is 6.80. The molecule has 0 amide bonds. The lowest BCUT2D eigenvalue weighted by molar-refractivity contribution is 0.0341. The zero-order chi connectivity index (χ0) is 17.7. The van der Waals surface area contributed by atoms with Crippen LogP contribution in [0.3, 0.4) is 0 Å². The SMILES string of the molecule is CCCCCCNC(=NC)NCc1ccccc1CN1CCOCC1. The van der Waals surface area contributed by atoms with Crippen LogP contribution in [0.15, 0.2) is 29.3 Å². The van der Waals surface area contributed by atoms with Crippen LogP contribution in [-0.4, -0.2) is 50.8 Å². The van der Waals surface area contributed by atoms with E-state index in [4.69, 9.17) is 4.74 Å². The maximum Gasteiger partial charge on any atom is 0.191 e. The van der Waals surface area contributed by atoms with Crippen molar-refractivity contribution in [2.24, 2.45) is 4.99 Å². The van der Waals surface area contributed by atoms with Crippen molar-refractivity contribution in [1.29, 1.82) is 0 Å². The van der Waals surface area contributed by atoms with E-state index in [-0.39, 0.29) is 0 Å². The molecule has 5 nitrogen and oxygen atoms in total. The van der Waals surface area contributed by atoms with Gasteiger partial charge in [-0.1, -0.05) is 50.5 Å². The quantitative estimate of drug-likeness (QED) is 0.410. The first-order valence-corrected chi connectivity index (χ1v) is 9.65. The molecule has 2 N–H and O–H groups in total. The molecule has 1 saturated heterocycles. The molecule has 0 aliphatic carbocycles. The Bertz CT molecular complexity index is 512. The van der Waals surface area contributed by atoms with Crippen LogP contribution in [-0.2, 0) is 17.8 Å². The molecule has 1 aromatic carbocycles. The first-order valence-electron chi connectivity index (χ1n) is 9.65. The first-order chi connectivity index (χ1) is 12.3. The van der Waals surface area contributed by atoms with Gasteiger partial charge in [0.25, 0.3) is 0 Å². The molecular formula is C20H34N4O. The summed E-state index contributed by atoms with van der Waals surface area (Å²) in [5, 5.41) is 6.86. The minimum absolute atomic E-state index is 0.801. The topological polar surface area (TPSA) is 48.9 Å². The number of nitrogens with zero attached hydrogens (tertiary/aromatic N) is 2. The van der Waals surface area contributed by atoms with E-state index in [1.807, 2.05) is 7.05 Å². The second kappa shape index (κ2) is 11.9. The third-order valence-electron chi connectivity index (χ3n) is 4.61. The van der Waals surface area contributed by atoms with Gasteiger partial charge in [0.15, 0.2) is 5.96 Å². The molecule has 1 aliphatic rings. The van der Waals surface area contributed by atoms with Crippen LogP contribution < -0.4 is 10.6 Å². The van der Waals surface area contributed by atoms with Crippen LogP contribution in [0.4, 0.5) is 0 Å². The summed E-state index contributed by atoms with van der Waals surface area (Å²) in [7, 11) is 1.83. The highest BCUT2D eigenvalue weighted by Crippen LogP contribution is 2.13. The van der Waals surface area contributed by atoms with Gasteiger partial charge in [-0.25, -0.2) is 0 Å². The minimum Gasteiger partial charge on any atom is -0.379 e. The van der Waals surface area contributed by atoms with Gasteiger partial charge < -0.3 is 15.4 Å². The summed E-state index contributed by atoms with van der Waals surface area (Å²) in [6.45, 7) is 8.73. The Morgan fingerprint density at radius 2 is 1.84 bits per heavy atom. The number of guanidine groups is 1. The molecule has 1 aliphatic heterocycles. The van der Waals surface area contributed by atoms with Crippen molar-refractivity contribution in [2.75, 3.05) is 39.9 Å². The largest absolute Gasteiger partial charge is 0.379 e. The van der Waals surface area contributed by atoms with Gasteiger partial charge in [-0.15, -0.1) is 0 Å². The fourth-order valence-electron chi connectivity index (χ4n) is 3.04. The Hall–Kier alpha value is -1.59. The lowest BCUT2D eigenvalue weighted by Gasteiger charge is -2.27. The van der Waals surface area contributed by atoms with E-state index in [2.05, 4.69) is 51.7 Å². The Balaban J connectivity index is 1.80. The van der Waals surface area contributed by atoms with Crippen LogP contribution in [0.1, 0.15) is 43.7 Å². The molecule has 0 unspecified atom stereocenters. The number of ether oxygens (including phenoxy) is 1. The van der Waals surface area contributed by atoms with Gasteiger partial charge in [-0.2, -0.15) is 0 Å².